The van der Waals surface area contributed by atoms with Gasteiger partial charge in [-0.3, -0.25) is 10.1 Å². The maximum absolute atomic E-state index is 12.4. The highest BCUT2D eigenvalue weighted by Gasteiger charge is 2.29. The van der Waals surface area contributed by atoms with E-state index in [0.29, 0.717) is 5.56 Å². The zero-order chi connectivity index (χ0) is 14.7. The van der Waals surface area contributed by atoms with Crippen molar-refractivity contribution in [3.05, 3.63) is 23.8 Å². The van der Waals surface area contributed by atoms with Crippen LogP contribution in [0.1, 0.15) is 24.4 Å². The molecule has 20 heavy (non-hydrogen) atoms. The van der Waals surface area contributed by atoms with Gasteiger partial charge in [0, 0.05) is 6.04 Å². The molecule has 1 amide bonds. The molecule has 1 fully saturated rings. The number of nitrogens with one attached hydrogen (secondary N) is 1. The lowest BCUT2D eigenvalue weighted by atomic mass is 10.1. The second-order valence-electron chi connectivity index (χ2n) is 4.57. The quantitative estimate of drug-likeness (QED) is 0.798. The highest BCUT2D eigenvalue weighted by Crippen LogP contribution is 2.32. The Hall–Kier alpha value is -1.89. The first kappa shape index (κ1) is 14.5. The first-order chi connectivity index (χ1) is 9.51. The third-order valence-corrected chi connectivity index (χ3v) is 3.00. The van der Waals surface area contributed by atoms with E-state index in [-0.39, 0.29) is 17.5 Å². The van der Waals surface area contributed by atoms with Crippen molar-refractivity contribution in [2.24, 2.45) is 5.73 Å². The summed E-state index contributed by atoms with van der Waals surface area (Å²) < 4.78 is 34.1. The van der Waals surface area contributed by atoms with E-state index >= 15 is 0 Å². The predicted molar refractivity (Wildman–Crippen MR) is 67.7 cm³/mol. The Labute approximate surface area is 115 Å². The van der Waals surface area contributed by atoms with Gasteiger partial charge in [-0.15, -0.1) is 0 Å². The van der Waals surface area contributed by atoms with Crippen LogP contribution in [0, 0.1) is 0 Å². The smallest absolute Gasteiger partial charge is 0.387 e. The predicted octanol–water partition coefficient (Wildman–Crippen LogP) is 1.57. The van der Waals surface area contributed by atoms with E-state index in [0.717, 1.165) is 12.8 Å². The summed E-state index contributed by atoms with van der Waals surface area (Å²) in [5.74, 6) is -0.516. The first-order valence-electron chi connectivity index (χ1n) is 6.19. The molecule has 1 aliphatic rings. The SMILES string of the molecule is COc1ccc(C(NC2CC2)C(N)=O)cc1OC(F)F. The van der Waals surface area contributed by atoms with Gasteiger partial charge in [0.25, 0.3) is 0 Å². The van der Waals surface area contributed by atoms with Gasteiger partial charge >= 0.3 is 6.61 Å². The van der Waals surface area contributed by atoms with Crippen molar-refractivity contribution in [2.75, 3.05) is 7.11 Å². The number of nitrogens with two attached hydrogens (primary N) is 1. The van der Waals surface area contributed by atoms with E-state index in [2.05, 4.69) is 10.1 Å². The molecule has 3 N–H and O–H groups in total. The minimum Gasteiger partial charge on any atom is -0.493 e. The number of halogens is 2. The van der Waals surface area contributed by atoms with Gasteiger partial charge < -0.3 is 15.2 Å². The zero-order valence-corrected chi connectivity index (χ0v) is 10.9. The van der Waals surface area contributed by atoms with Gasteiger partial charge in [0.1, 0.15) is 6.04 Å². The number of hydrogen-bond acceptors (Lipinski definition) is 4. The Morgan fingerprint density at radius 3 is 2.60 bits per heavy atom. The Balaban J connectivity index is 2.26. The fourth-order valence-corrected chi connectivity index (χ4v) is 1.89. The van der Waals surface area contributed by atoms with Gasteiger partial charge in [-0.05, 0) is 30.5 Å². The topological polar surface area (TPSA) is 73.6 Å². The Bertz CT molecular complexity index is 493. The number of amides is 1. The molecule has 5 nitrogen and oxygen atoms in total. The molecule has 0 aromatic heterocycles. The van der Waals surface area contributed by atoms with Crippen LogP contribution in [0.3, 0.4) is 0 Å². The summed E-state index contributed by atoms with van der Waals surface area (Å²) in [5.41, 5.74) is 5.82. The van der Waals surface area contributed by atoms with Gasteiger partial charge in [0.15, 0.2) is 11.5 Å². The van der Waals surface area contributed by atoms with Crippen LogP contribution in [0.4, 0.5) is 8.78 Å². The molecule has 0 heterocycles. The lowest BCUT2D eigenvalue weighted by Crippen LogP contribution is -2.34. The second-order valence-corrected chi connectivity index (χ2v) is 4.57. The number of benzene rings is 1. The van der Waals surface area contributed by atoms with Gasteiger partial charge in [-0.25, -0.2) is 0 Å². The fourth-order valence-electron chi connectivity index (χ4n) is 1.89. The number of carbonyl (C=O) groups excluding carboxylic acids is 1. The molecular weight excluding hydrogens is 270 g/mol. The van der Waals surface area contributed by atoms with Crippen LogP contribution in [0.15, 0.2) is 18.2 Å². The summed E-state index contributed by atoms with van der Waals surface area (Å²) in [6, 6.07) is 3.93. The van der Waals surface area contributed by atoms with Gasteiger partial charge in [0.05, 0.1) is 7.11 Å². The standard InChI is InChI=1S/C13H16F2N2O3/c1-19-9-5-2-7(6-10(9)20-13(14)15)11(12(16)18)17-8-3-4-8/h2,5-6,8,11,13,17H,3-4H2,1H3,(H2,16,18). The van der Waals surface area contributed by atoms with Crippen LogP contribution >= 0.6 is 0 Å². The Morgan fingerprint density at radius 1 is 1.40 bits per heavy atom. The van der Waals surface area contributed by atoms with E-state index in [1.807, 2.05) is 0 Å². The third kappa shape index (κ3) is 3.57. The lowest BCUT2D eigenvalue weighted by Gasteiger charge is -2.17. The van der Waals surface area contributed by atoms with Crippen molar-refractivity contribution in [1.29, 1.82) is 0 Å². The van der Waals surface area contributed by atoms with Crippen molar-refractivity contribution in [1.82, 2.24) is 5.32 Å². The van der Waals surface area contributed by atoms with Gasteiger partial charge in [-0.2, -0.15) is 8.78 Å². The molecule has 2 rings (SSSR count). The second kappa shape index (κ2) is 6.04. The number of methoxy groups -OCH3 is 1. The number of ether oxygens (including phenoxy) is 2. The van der Waals surface area contributed by atoms with Crippen molar-refractivity contribution < 1.29 is 23.0 Å². The number of alkyl halides is 2. The van der Waals surface area contributed by atoms with Crippen LogP contribution in [-0.4, -0.2) is 25.7 Å². The molecule has 1 aliphatic carbocycles. The molecule has 7 heteroatoms. The fraction of sp³-hybridized carbons (Fsp3) is 0.462. The van der Waals surface area contributed by atoms with E-state index in [1.165, 1.54) is 19.2 Å². The maximum atomic E-state index is 12.4. The molecule has 110 valence electrons. The number of carbonyl (C=O) groups is 1. The van der Waals surface area contributed by atoms with Crippen molar-refractivity contribution in [3.63, 3.8) is 0 Å². The van der Waals surface area contributed by atoms with Gasteiger partial charge in [-0.1, -0.05) is 6.07 Å². The Morgan fingerprint density at radius 2 is 2.10 bits per heavy atom. The highest BCUT2D eigenvalue weighted by molar-refractivity contribution is 5.81. The van der Waals surface area contributed by atoms with Crippen LogP contribution < -0.4 is 20.5 Å². The zero-order valence-electron chi connectivity index (χ0n) is 10.9. The van der Waals surface area contributed by atoms with Crippen LogP contribution in [0.25, 0.3) is 0 Å². The number of primary amides is 1. The first-order valence-corrected chi connectivity index (χ1v) is 6.19. The van der Waals surface area contributed by atoms with Crippen molar-refractivity contribution >= 4 is 5.91 Å². The van der Waals surface area contributed by atoms with Gasteiger partial charge in [0.2, 0.25) is 5.91 Å². The molecule has 0 saturated heterocycles. The van der Waals surface area contributed by atoms with Crippen molar-refractivity contribution in [2.45, 2.75) is 31.5 Å². The lowest BCUT2D eigenvalue weighted by molar-refractivity contribution is -0.120. The number of hydrogen-bond donors (Lipinski definition) is 2. The minimum absolute atomic E-state index is 0.121. The maximum Gasteiger partial charge on any atom is 0.387 e. The van der Waals surface area contributed by atoms with E-state index < -0.39 is 18.6 Å². The number of rotatable bonds is 7. The summed E-state index contributed by atoms with van der Waals surface area (Å²) in [5, 5.41) is 3.07. The molecular formula is C13H16F2N2O3. The summed E-state index contributed by atoms with van der Waals surface area (Å²) in [7, 11) is 1.35. The molecule has 1 saturated carbocycles. The molecule has 1 atom stereocenters. The Kier molecular flexibility index (Phi) is 4.39. The van der Waals surface area contributed by atoms with Crippen LogP contribution in [-0.2, 0) is 4.79 Å². The van der Waals surface area contributed by atoms with E-state index in [1.54, 1.807) is 6.07 Å². The molecule has 1 aromatic rings. The minimum atomic E-state index is -2.97. The largest absolute Gasteiger partial charge is 0.493 e. The monoisotopic (exact) mass is 286 g/mol. The summed E-state index contributed by atoms with van der Waals surface area (Å²) in [6.45, 7) is -2.97. The van der Waals surface area contributed by atoms with E-state index in [9.17, 15) is 13.6 Å². The van der Waals surface area contributed by atoms with Crippen LogP contribution in [0.2, 0.25) is 0 Å². The van der Waals surface area contributed by atoms with Crippen LogP contribution in [0.5, 0.6) is 11.5 Å². The normalized spacial score (nSPS) is 16.0. The third-order valence-electron chi connectivity index (χ3n) is 3.00. The molecule has 0 bridgehead atoms. The van der Waals surface area contributed by atoms with E-state index in [4.69, 9.17) is 10.5 Å². The molecule has 0 radical (unpaired) electrons. The molecule has 0 spiro atoms. The van der Waals surface area contributed by atoms with Crippen molar-refractivity contribution in [3.8, 4) is 11.5 Å². The average Bonchev–Trinajstić information content (AvgIpc) is 3.18. The highest BCUT2D eigenvalue weighted by atomic mass is 19.3. The summed E-state index contributed by atoms with van der Waals surface area (Å²) in [4.78, 5) is 11.5. The summed E-state index contributed by atoms with van der Waals surface area (Å²) in [6.07, 6.45) is 1.95. The summed E-state index contributed by atoms with van der Waals surface area (Å²) >= 11 is 0. The molecule has 1 unspecified atom stereocenters. The molecule has 1 aromatic carbocycles. The average molecular weight is 286 g/mol. The molecule has 0 aliphatic heterocycles.